The van der Waals surface area contributed by atoms with Crippen LogP contribution in [0.3, 0.4) is 0 Å². The molecule has 0 atom stereocenters. The van der Waals surface area contributed by atoms with Gasteiger partial charge in [0.15, 0.2) is 5.76 Å². The molecule has 0 aliphatic rings. The Morgan fingerprint density at radius 3 is 2.50 bits per heavy atom. The number of carbonyl (C=O) groups excluding carboxylic acids is 3. The molecule has 0 radical (unpaired) electrons. The summed E-state index contributed by atoms with van der Waals surface area (Å²) in [4.78, 5) is 31.5. The summed E-state index contributed by atoms with van der Waals surface area (Å²) in [6.07, 6.45) is 1.88. The molecule has 62 valence electrons. The second-order valence-electron chi connectivity index (χ2n) is 2.14. The van der Waals surface area contributed by atoms with Crippen molar-refractivity contribution in [1.82, 2.24) is 0 Å². The molecule has 0 spiro atoms. The van der Waals surface area contributed by atoms with Crippen LogP contribution in [-0.2, 0) is 9.59 Å². The van der Waals surface area contributed by atoms with Gasteiger partial charge in [0.1, 0.15) is 18.5 Å². The van der Waals surface area contributed by atoms with E-state index in [4.69, 9.17) is 4.42 Å². The van der Waals surface area contributed by atoms with Crippen molar-refractivity contribution in [3.8, 4) is 0 Å². The van der Waals surface area contributed by atoms with Gasteiger partial charge in [-0.1, -0.05) is 0 Å². The molecule has 4 heteroatoms. The van der Waals surface area contributed by atoms with Crippen molar-refractivity contribution < 1.29 is 18.8 Å². The van der Waals surface area contributed by atoms with Gasteiger partial charge < -0.3 is 14.0 Å². The molecule has 0 aliphatic heterocycles. The maximum absolute atomic E-state index is 11.1. The highest BCUT2D eigenvalue weighted by Gasteiger charge is 2.20. The van der Waals surface area contributed by atoms with Gasteiger partial charge >= 0.3 is 0 Å². The van der Waals surface area contributed by atoms with Crippen molar-refractivity contribution >= 4 is 18.4 Å². The van der Waals surface area contributed by atoms with Crippen LogP contribution in [0.15, 0.2) is 22.8 Å². The fraction of sp³-hybridized carbons (Fsp3) is 0.125. The second-order valence-corrected chi connectivity index (χ2v) is 2.14. The van der Waals surface area contributed by atoms with Gasteiger partial charge in [0.2, 0.25) is 5.78 Å². The molecule has 1 aromatic heterocycles. The average Bonchev–Trinajstić information content (AvgIpc) is 2.58. The van der Waals surface area contributed by atoms with Gasteiger partial charge in [-0.2, -0.15) is 0 Å². The molecule has 4 nitrogen and oxygen atoms in total. The van der Waals surface area contributed by atoms with Crippen molar-refractivity contribution in [3.05, 3.63) is 24.2 Å². The highest BCUT2D eigenvalue weighted by Crippen LogP contribution is 2.06. The van der Waals surface area contributed by atoms with Gasteiger partial charge in [-0.05, 0) is 12.1 Å². The van der Waals surface area contributed by atoms with Crippen LogP contribution in [0.2, 0.25) is 0 Å². The smallest absolute Gasteiger partial charge is 0.215 e. The molecular weight excluding hydrogens is 160 g/mol. The van der Waals surface area contributed by atoms with E-state index in [1.807, 2.05) is 0 Å². The van der Waals surface area contributed by atoms with Gasteiger partial charge in [0.05, 0.1) is 6.26 Å². The summed E-state index contributed by atoms with van der Waals surface area (Å²) in [6, 6.07) is 2.92. The summed E-state index contributed by atoms with van der Waals surface area (Å²) in [7, 11) is 0. The highest BCUT2D eigenvalue weighted by atomic mass is 16.3. The molecule has 0 N–H and O–H groups in total. The number of hydrogen-bond donors (Lipinski definition) is 0. The molecule has 0 unspecified atom stereocenters. The minimum Gasteiger partial charge on any atom is -0.461 e. The zero-order chi connectivity index (χ0) is 8.97. The minimum atomic E-state index is -1.24. The van der Waals surface area contributed by atoms with E-state index < -0.39 is 11.7 Å². The fourth-order valence-corrected chi connectivity index (χ4v) is 0.739. The number of carbonyl (C=O) groups is 3. The molecule has 0 saturated heterocycles. The number of furan rings is 1. The Kier molecular flexibility index (Phi) is 2.53. The van der Waals surface area contributed by atoms with E-state index in [-0.39, 0.29) is 18.3 Å². The summed E-state index contributed by atoms with van der Waals surface area (Å²) in [5.74, 6) is -1.82. The molecule has 0 aromatic carbocycles. The molecule has 0 amide bonds. The lowest BCUT2D eigenvalue weighted by Gasteiger charge is -1.95. The zero-order valence-corrected chi connectivity index (χ0v) is 6.10. The normalized spacial score (nSPS) is 9.75. The third-order valence-electron chi connectivity index (χ3n) is 1.36. The predicted molar refractivity (Wildman–Crippen MR) is 38.7 cm³/mol. The summed E-state index contributed by atoms with van der Waals surface area (Å²) in [5, 5.41) is 0. The minimum absolute atomic E-state index is 0.0270. The summed E-state index contributed by atoms with van der Waals surface area (Å²) < 4.78 is 4.71. The van der Waals surface area contributed by atoms with Crippen LogP contribution >= 0.6 is 0 Å². The average molecular weight is 166 g/mol. The lowest BCUT2D eigenvalue weighted by molar-refractivity contribution is -0.117. The van der Waals surface area contributed by atoms with E-state index in [0.717, 1.165) is 0 Å². The maximum atomic E-state index is 11.1. The number of rotatable bonds is 4. The second kappa shape index (κ2) is 3.61. The van der Waals surface area contributed by atoms with Crippen LogP contribution in [0.1, 0.15) is 10.6 Å². The summed E-state index contributed by atoms with van der Waals surface area (Å²) in [5.41, 5.74) is 0. The Hall–Kier alpha value is -1.71. The third-order valence-corrected chi connectivity index (χ3v) is 1.36. The Labute approximate surface area is 68.2 Å². The number of ketones is 1. The van der Waals surface area contributed by atoms with Crippen LogP contribution < -0.4 is 0 Å². The lowest BCUT2D eigenvalue weighted by atomic mass is 10.1. The Morgan fingerprint density at radius 2 is 2.08 bits per heavy atom. The van der Waals surface area contributed by atoms with Gasteiger partial charge in [-0.25, -0.2) is 0 Å². The van der Waals surface area contributed by atoms with Gasteiger partial charge in [0.25, 0.3) is 0 Å². The van der Waals surface area contributed by atoms with Crippen molar-refractivity contribution in [1.29, 1.82) is 0 Å². The predicted octanol–water partition coefficient (Wildman–Crippen LogP) is 0.476. The van der Waals surface area contributed by atoms with Gasteiger partial charge in [-0.15, -0.1) is 0 Å². The number of Topliss-reactive ketones (excluding diaryl/α,β-unsaturated/α-hetero) is 1. The first-order valence-corrected chi connectivity index (χ1v) is 3.28. The molecule has 0 aliphatic carbocycles. The van der Waals surface area contributed by atoms with Crippen LogP contribution in [0.5, 0.6) is 0 Å². The topological polar surface area (TPSA) is 64.3 Å². The Morgan fingerprint density at radius 1 is 1.42 bits per heavy atom. The maximum Gasteiger partial charge on any atom is 0.215 e. The molecule has 0 saturated carbocycles. The first-order chi connectivity index (χ1) is 5.79. The van der Waals surface area contributed by atoms with Crippen LogP contribution in [0.25, 0.3) is 0 Å². The molecule has 0 bridgehead atoms. The van der Waals surface area contributed by atoms with Crippen molar-refractivity contribution in [2.75, 3.05) is 0 Å². The van der Waals surface area contributed by atoms with Crippen molar-refractivity contribution in [3.63, 3.8) is 0 Å². The van der Waals surface area contributed by atoms with Crippen molar-refractivity contribution in [2.24, 2.45) is 5.92 Å². The van der Waals surface area contributed by atoms with Crippen LogP contribution in [0, 0.1) is 5.92 Å². The highest BCUT2D eigenvalue weighted by molar-refractivity contribution is 6.12. The quantitative estimate of drug-likeness (QED) is 0.370. The van der Waals surface area contributed by atoms with Crippen molar-refractivity contribution in [2.45, 2.75) is 0 Å². The van der Waals surface area contributed by atoms with E-state index in [2.05, 4.69) is 0 Å². The monoisotopic (exact) mass is 166 g/mol. The standard InChI is InChI=1S/C8H6O4/c9-4-6(5-10)8(11)7-2-1-3-12-7/h1-6H. The molecule has 12 heavy (non-hydrogen) atoms. The number of aldehydes is 2. The zero-order valence-electron chi connectivity index (χ0n) is 6.10. The third kappa shape index (κ3) is 1.47. The fourth-order valence-electron chi connectivity index (χ4n) is 0.739. The number of hydrogen-bond acceptors (Lipinski definition) is 4. The first kappa shape index (κ1) is 8.39. The summed E-state index contributed by atoms with van der Waals surface area (Å²) >= 11 is 0. The van der Waals surface area contributed by atoms with Gasteiger partial charge in [-0.3, -0.25) is 4.79 Å². The SMILES string of the molecule is O=CC(C=O)C(=O)c1ccco1. The van der Waals surface area contributed by atoms with E-state index >= 15 is 0 Å². The first-order valence-electron chi connectivity index (χ1n) is 3.28. The molecule has 0 fully saturated rings. The summed E-state index contributed by atoms with van der Waals surface area (Å²) in [6.45, 7) is 0. The van der Waals surface area contributed by atoms with Crippen LogP contribution in [-0.4, -0.2) is 18.4 Å². The Bertz CT molecular complexity index is 278. The Balaban J connectivity index is 2.84. The van der Waals surface area contributed by atoms with E-state index in [0.29, 0.717) is 0 Å². The van der Waals surface area contributed by atoms with E-state index in [9.17, 15) is 14.4 Å². The van der Waals surface area contributed by atoms with E-state index in [1.165, 1.54) is 18.4 Å². The lowest BCUT2D eigenvalue weighted by Crippen LogP contribution is -2.16. The molecule has 1 aromatic rings. The largest absolute Gasteiger partial charge is 0.461 e. The molecule has 1 rings (SSSR count). The van der Waals surface area contributed by atoms with Gasteiger partial charge in [0, 0.05) is 0 Å². The van der Waals surface area contributed by atoms with Crippen LogP contribution in [0.4, 0.5) is 0 Å². The van der Waals surface area contributed by atoms with E-state index in [1.54, 1.807) is 0 Å². The molecular formula is C8H6O4. The molecule has 1 heterocycles.